The molecule has 1 N–H and O–H groups in total. The van der Waals surface area contributed by atoms with Gasteiger partial charge >= 0.3 is 0 Å². The largest absolute Gasteiger partial charge is 0.493 e. The SMILES string of the molecule is Cc1ccc(NC2=C(c3ccc(OCC(C)C)cc3)C(=O)N(Cc3ccco3)C2=O)c(C)c1. The minimum absolute atomic E-state index is 0.0712. The highest BCUT2D eigenvalue weighted by atomic mass is 16.5. The van der Waals surface area contributed by atoms with Gasteiger partial charge in [-0.3, -0.25) is 14.5 Å². The molecular weight excluding hydrogens is 416 g/mol. The third-order valence-electron chi connectivity index (χ3n) is 5.43. The van der Waals surface area contributed by atoms with Crippen molar-refractivity contribution in [3.05, 3.63) is 89.0 Å². The van der Waals surface area contributed by atoms with Gasteiger partial charge in [-0.15, -0.1) is 0 Å². The van der Waals surface area contributed by atoms with E-state index in [0.29, 0.717) is 29.4 Å². The molecule has 0 saturated carbocycles. The maximum Gasteiger partial charge on any atom is 0.278 e. The van der Waals surface area contributed by atoms with Crippen LogP contribution >= 0.6 is 0 Å². The van der Waals surface area contributed by atoms with Crippen LogP contribution in [0.5, 0.6) is 5.75 Å². The number of aryl methyl sites for hydroxylation is 2. The monoisotopic (exact) mass is 444 g/mol. The van der Waals surface area contributed by atoms with Crippen molar-refractivity contribution in [3.8, 4) is 5.75 Å². The van der Waals surface area contributed by atoms with Crippen molar-refractivity contribution in [2.24, 2.45) is 5.92 Å². The number of rotatable bonds is 8. The zero-order valence-corrected chi connectivity index (χ0v) is 19.3. The van der Waals surface area contributed by atoms with Crippen molar-refractivity contribution < 1.29 is 18.7 Å². The number of carbonyl (C=O) groups is 2. The summed E-state index contributed by atoms with van der Waals surface area (Å²) in [6.45, 7) is 8.83. The molecule has 0 atom stereocenters. The number of anilines is 1. The number of hydrogen-bond acceptors (Lipinski definition) is 5. The summed E-state index contributed by atoms with van der Waals surface area (Å²) in [6, 6.07) is 16.7. The Morgan fingerprint density at radius 2 is 1.76 bits per heavy atom. The van der Waals surface area contributed by atoms with Crippen molar-refractivity contribution in [2.75, 3.05) is 11.9 Å². The number of imide groups is 1. The molecule has 1 aliphatic rings. The van der Waals surface area contributed by atoms with Gasteiger partial charge in [-0.2, -0.15) is 0 Å². The molecule has 2 heterocycles. The van der Waals surface area contributed by atoms with Crippen LogP contribution in [0.4, 0.5) is 5.69 Å². The molecule has 0 unspecified atom stereocenters. The number of carbonyl (C=O) groups excluding carboxylic acids is 2. The van der Waals surface area contributed by atoms with Gasteiger partial charge < -0.3 is 14.5 Å². The van der Waals surface area contributed by atoms with E-state index in [-0.39, 0.29) is 24.1 Å². The minimum Gasteiger partial charge on any atom is -0.493 e. The van der Waals surface area contributed by atoms with Crippen LogP contribution < -0.4 is 10.1 Å². The Morgan fingerprint density at radius 1 is 1.00 bits per heavy atom. The highest BCUT2D eigenvalue weighted by Gasteiger charge is 2.39. The topological polar surface area (TPSA) is 71.8 Å². The van der Waals surface area contributed by atoms with Gasteiger partial charge in [0.1, 0.15) is 17.2 Å². The van der Waals surface area contributed by atoms with Gasteiger partial charge in [0, 0.05) is 5.69 Å². The first-order valence-electron chi connectivity index (χ1n) is 11.0. The lowest BCUT2D eigenvalue weighted by Gasteiger charge is -2.14. The second-order valence-electron chi connectivity index (χ2n) is 8.70. The Bertz CT molecular complexity index is 1190. The highest BCUT2D eigenvalue weighted by molar-refractivity contribution is 6.36. The van der Waals surface area contributed by atoms with Crippen LogP contribution in [0.15, 0.2) is 71.0 Å². The lowest BCUT2D eigenvalue weighted by atomic mass is 10.0. The number of hydrogen-bond donors (Lipinski definition) is 1. The number of furan rings is 1. The zero-order valence-electron chi connectivity index (χ0n) is 19.3. The molecule has 0 fully saturated rings. The van der Waals surface area contributed by atoms with E-state index in [0.717, 1.165) is 22.6 Å². The molecule has 0 spiro atoms. The highest BCUT2D eigenvalue weighted by Crippen LogP contribution is 2.33. The van der Waals surface area contributed by atoms with E-state index in [1.165, 1.54) is 11.2 Å². The van der Waals surface area contributed by atoms with E-state index in [1.807, 2.05) is 56.3 Å². The number of amides is 2. The number of benzene rings is 2. The first-order valence-corrected chi connectivity index (χ1v) is 11.0. The van der Waals surface area contributed by atoms with Gasteiger partial charge in [0.25, 0.3) is 11.8 Å². The molecule has 4 rings (SSSR count). The molecule has 1 aromatic heterocycles. The van der Waals surface area contributed by atoms with Crippen LogP contribution in [0, 0.1) is 19.8 Å². The van der Waals surface area contributed by atoms with Crippen LogP contribution in [0.2, 0.25) is 0 Å². The molecule has 0 bridgehead atoms. The quantitative estimate of drug-likeness (QED) is 0.476. The fourth-order valence-corrected chi connectivity index (χ4v) is 3.73. The number of nitrogens with one attached hydrogen (secondary N) is 1. The van der Waals surface area contributed by atoms with Gasteiger partial charge in [0.15, 0.2) is 0 Å². The predicted octanol–water partition coefficient (Wildman–Crippen LogP) is 5.32. The maximum atomic E-state index is 13.4. The zero-order chi connectivity index (χ0) is 23.5. The second kappa shape index (κ2) is 9.36. The predicted molar refractivity (Wildman–Crippen MR) is 127 cm³/mol. The van der Waals surface area contributed by atoms with Crippen LogP contribution in [0.1, 0.15) is 36.3 Å². The average Bonchev–Trinajstić information content (AvgIpc) is 3.37. The first kappa shape index (κ1) is 22.4. The normalized spacial score (nSPS) is 13.9. The fraction of sp³-hybridized carbons (Fsp3) is 0.259. The fourth-order valence-electron chi connectivity index (χ4n) is 3.73. The molecule has 6 nitrogen and oxygen atoms in total. The maximum absolute atomic E-state index is 13.4. The number of ether oxygens (including phenoxy) is 1. The third kappa shape index (κ3) is 4.85. The molecule has 170 valence electrons. The molecule has 0 radical (unpaired) electrons. The summed E-state index contributed by atoms with van der Waals surface area (Å²) in [6.07, 6.45) is 1.53. The average molecular weight is 445 g/mol. The van der Waals surface area contributed by atoms with Crippen molar-refractivity contribution in [1.29, 1.82) is 0 Å². The second-order valence-corrected chi connectivity index (χ2v) is 8.70. The summed E-state index contributed by atoms with van der Waals surface area (Å²) < 4.78 is 11.1. The first-order chi connectivity index (χ1) is 15.8. The summed E-state index contributed by atoms with van der Waals surface area (Å²) in [5, 5.41) is 3.24. The molecule has 6 heteroatoms. The van der Waals surface area contributed by atoms with E-state index >= 15 is 0 Å². The Labute approximate surface area is 193 Å². The van der Waals surface area contributed by atoms with Crippen molar-refractivity contribution in [1.82, 2.24) is 4.90 Å². The molecule has 1 aliphatic heterocycles. The Kier molecular flexibility index (Phi) is 6.36. The number of nitrogens with zero attached hydrogens (tertiary/aromatic N) is 1. The van der Waals surface area contributed by atoms with Crippen molar-refractivity contribution in [2.45, 2.75) is 34.2 Å². The van der Waals surface area contributed by atoms with E-state index in [1.54, 1.807) is 12.1 Å². The van der Waals surface area contributed by atoms with E-state index in [2.05, 4.69) is 19.2 Å². The summed E-state index contributed by atoms with van der Waals surface area (Å²) in [4.78, 5) is 28.0. The van der Waals surface area contributed by atoms with Gasteiger partial charge in [-0.05, 0) is 61.2 Å². The summed E-state index contributed by atoms with van der Waals surface area (Å²) in [5.74, 6) is 0.929. The molecule has 2 aromatic carbocycles. The standard InChI is InChI=1S/C27H28N2O4/c1-17(2)16-33-21-10-8-20(9-11-21)24-25(28-23-12-7-18(3)14-19(23)4)27(31)29(26(24)30)15-22-6-5-13-32-22/h5-14,17,28H,15-16H2,1-4H3. The summed E-state index contributed by atoms with van der Waals surface area (Å²) in [7, 11) is 0. The van der Waals surface area contributed by atoms with Gasteiger partial charge in [0.05, 0.1) is 25.0 Å². The van der Waals surface area contributed by atoms with Crippen LogP contribution in [0.25, 0.3) is 5.57 Å². The Morgan fingerprint density at radius 3 is 2.39 bits per heavy atom. The van der Waals surface area contributed by atoms with Crippen LogP contribution in [-0.4, -0.2) is 23.3 Å². The molecule has 0 aliphatic carbocycles. The molecular formula is C27H28N2O4. The Hall–Kier alpha value is -3.80. The summed E-state index contributed by atoms with van der Waals surface area (Å²) in [5.41, 5.74) is 4.14. The van der Waals surface area contributed by atoms with E-state index in [9.17, 15) is 9.59 Å². The smallest absolute Gasteiger partial charge is 0.278 e. The van der Waals surface area contributed by atoms with Crippen LogP contribution in [-0.2, 0) is 16.1 Å². The van der Waals surface area contributed by atoms with Crippen molar-refractivity contribution in [3.63, 3.8) is 0 Å². The van der Waals surface area contributed by atoms with Gasteiger partial charge in [-0.25, -0.2) is 0 Å². The van der Waals surface area contributed by atoms with E-state index < -0.39 is 0 Å². The lowest BCUT2D eigenvalue weighted by molar-refractivity contribution is -0.137. The lowest BCUT2D eigenvalue weighted by Crippen LogP contribution is -2.31. The van der Waals surface area contributed by atoms with Gasteiger partial charge in [0.2, 0.25) is 0 Å². The van der Waals surface area contributed by atoms with Crippen LogP contribution in [0.3, 0.4) is 0 Å². The molecule has 0 saturated heterocycles. The van der Waals surface area contributed by atoms with E-state index in [4.69, 9.17) is 9.15 Å². The minimum atomic E-state index is -0.383. The Balaban J connectivity index is 1.70. The summed E-state index contributed by atoms with van der Waals surface area (Å²) >= 11 is 0. The molecule has 3 aromatic rings. The third-order valence-corrected chi connectivity index (χ3v) is 5.43. The van der Waals surface area contributed by atoms with Gasteiger partial charge in [-0.1, -0.05) is 43.7 Å². The molecule has 33 heavy (non-hydrogen) atoms. The van der Waals surface area contributed by atoms with Crippen molar-refractivity contribution >= 4 is 23.1 Å². The molecule has 2 amide bonds.